The van der Waals surface area contributed by atoms with Gasteiger partial charge < -0.3 is 10.6 Å². The molecule has 0 aromatic carbocycles. The van der Waals surface area contributed by atoms with E-state index in [-0.39, 0.29) is 0 Å². The number of carbonyl (C=O) groups excluding carboxylic acids is 1. The molecular formula is C5H11N3O. The van der Waals surface area contributed by atoms with E-state index in [1.54, 1.807) is 0 Å². The Balaban J connectivity index is 2.04. The van der Waals surface area contributed by atoms with Gasteiger partial charge in [-0.2, -0.15) is 0 Å². The lowest BCUT2D eigenvalue weighted by atomic mass is 10.6. The number of nitrogens with one attached hydrogen (secondary N) is 2. The minimum absolute atomic E-state index is 0.663. The van der Waals surface area contributed by atoms with Gasteiger partial charge in [-0.1, -0.05) is 0 Å². The first-order valence-electron chi connectivity index (χ1n) is 3.03. The Labute approximate surface area is 54.2 Å². The van der Waals surface area contributed by atoms with Crippen molar-refractivity contribution in [3.05, 3.63) is 0 Å². The lowest BCUT2D eigenvalue weighted by molar-refractivity contribution is -0.110. The Morgan fingerprint density at radius 3 is 3.22 bits per heavy atom. The summed E-state index contributed by atoms with van der Waals surface area (Å²) in [6.07, 6.45) is 0.721. The second kappa shape index (κ2) is 3.42. The highest BCUT2D eigenvalue weighted by Crippen LogP contribution is 1.87. The molecule has 1 amide bonds. The van der Waals surface area contributed by atoms with E-state index in [1.165, 1.54) is 0 Å². The highest BCUT2D eigenvalue weighted by molar-refractivity contribution is 5.45. The second-order valence-electron chi connectivity index (χ2n) is 2.03. The van der Waals surface area contributed by atoms with E-state index in [0.717, 1.165) is 26.2 Å². The minimum atomic E-state index is 0.663. The Hall–Kier alpha value is -0.610. The molecule has 0 aromatic heterocycles. The average molecular weight is 129 g/mol. The summed E-state index contributed by atoms with van der Waals surface area (Å²) in [7, 11) is 0. The van der Waals surface area contributed by atoms with Crippen LogP contribution in [-0.4, -0.2) is 37.7 Å². The molecule has 1 saturated heterocycles. The van der Waals surface area contributed by atoms with Crippen molar-refractivity contribution in [3.63, 3.8) is 0 Å². The lowest BCUT2D eigenvalue weighted by Gasteiger charge is -2.10. The van der Waals surface area contributed by atoms with E-state index >= 15 is 0 Å². The summed E-state index contributed by atoms with van der Waals surface area (Å²) in [5, 5.41) is 5.75. The molecule has 0 spiro atoms. The molecule has 0 atom stereocenters. The molecule has 0 bridgehead atoms. The molecule has 0 unspecified atom stereocenters. The van der Waals surface area contributed by atoms with E-state index in [4.69, 9.17) is 0 Å². The van der Waals surface area contributed by atoms with Crippen LogP contribution in [0, 0.1) is 0 Å². The van der Waals surface area contributed by atoms with Gasteiger partial charge >= 0.3 is 0 Å². The number of carbonyl (C=O) groups is 1. The zero-order valence-corrected chi connectivity index (χ0v) is 5.26. The predicted octanol–water partition coefficient (Wildman–Crippen LogP) is -1.45. The van der Waals surface area contributed by atoms with Crippen LogP contribution >= 0.6 is 0 Å². The molecule has 0 radical (unpaired) electrons. The first kappa shape index (κ1) is 6.51. The SMILES string of the molecule is O=CNCN1CCNC1. The molecular weight excluding hydrogens is 118 g/mol. The normalized spacial score (nSPS) is 20.0. The van der Waals surface area contributed by atoms with Gasteiger partial charge in [-0.3, -0.25) is 9.69 Å². The van der Waals surface area contributed by atoms with E-state index in [1.807, 2.05) is 0 Å². The number of rotatable bonds is 3. The summed E-state index contributed by atoms with van der Waals surface area (Å²) in [6, 6.07) is 0. The Kier molecular flexibility index (Phi) is 2.48. The van der Waals surface area contributed by atoms with Crippen LogP contribution in [0.15, 0.2) is 0 Å². The third kappa shape index (κ3) is 1.99. The molecule has 1 heterocycles. The number of hydrogen-bond donors (Lipinski definition) is 2. The van der Waals surface area contributed by atoms with Gasteiger partial charge in [0.2, 0.25) is 6.41 Å². The predicted molar refractivity (Wildman–Crippen MR) is 33.6 cm³/mol. The van der Waals surface area contributed by atoms with E-state index < -0.39 is 0 Å². The Morgan fingerprint density at radius 2 is 2.67 bits per heavy atom. The van der Waals surface area contributed by atoms with Gasteiger partial charge in [0.1, 0.15) is 0 Å². The summed E-state index contributed by atoms with van der Waals surface area (Å²) in [6.45, 7) is 3.61. The van der Waals surface area contributed by atoms with Crippen LogP contribution in [0.5, 0.6) is 0 Å². The van der Waals surface area contributed by atoms with Crippen molar-refractivity contribution in [1.29, 1.82) is 0 Å². The number of nitrogens with zero attached hydrogens (tertiary/aromatic N) is 1. The van der Waals surface area contributed by atoms with Gasteiger partial charge in [0.15, 0.2) is 0 Å². The van der Waals surface area contributed by atoms with E-state index in [2.05, 4.69) is 15.5 Å². The standard InChI is InChI=1S/C5H11N3O/c9-5-7-4-8-2-1-6-3-8/h5-6H,1-4H2,(H,7,9). The summed E-state index contributed by atoms with van der Waals surface area (Å²) in [5.41, 5.74) is 0. The van der Waals surface area contributed by atoms with Crippen molar-refractivity contribution in [1.82, 2.24) is 15.5 Å². The van der Waals surface area contributed by atoms with E-state index in [9.17, 15) is 4.79 Å². The lowest BCUT2D eigenvalue weighted by Crippen LogP contribution is -2.32. The molecule has 52 valence electrons. The molecule has 4 nitrogen and oxygen atoms in total. The van der Waals surface area contributed by atoms with Crippen LogP contribution in [0.3, 0.4) is 0 Å². The maximum Gasteiger partial charge on any atom is 0.208 e. The fourth-order valence-electron chi connectivity index (χ4n) is 0.855. The molecule has 0 aromatic rings. The van der Waals surface area contributed by atoms with Gasteiger partial charge in [-0.15, -0.1) is 0 Å². The van der Waals surface area contributed by atoms with Crippen molar-refractivity contribution >= 4 is 6.41 Å². The first-order chi connectivity index (χ1) is 4.43. The largest absolute Gasteiger partial charge is 0.346 e. The third-order valence-corrected chi connectivity index (χ3v) is 1.34. The van der Waals surface area contributed by atoms with Crippen molar-refractivity contribution < 1.29 is 4.79 Å². The topological polar surface area (TPSA) is 44.4 Å². The number of amides is 1. The molecule has 4 heteroatoms. The van der Waals surface area contributed by atoms with Crippen LogP contribution in [0.25, 0.3) is 0 Å². The quantitative estimate of drug-likeness (QED) is 0.458. The summed E-state index contributed by atoms with van der Waals surface area (Å²) in [4.78, 5) is 11.9. The Bertz CT molecular complexity index is 90.2. The maximum atomic E-state index is 9.80. The van der Waals surface area contributed by atoms with Gasteiger partial charge in [0.25, 0.3) is 0 Å². The Morgan fingerprint density at radius 1 is 1.78 bits per heavy atom. The van der Waals surface area contributed by atoms with Crippen molar-refractivity contribution in [3.8, 4) is 0 Å². The second-order valence-corrected chi connectivity index (χ2v) is 2.03. The zero-order chi connectivity index (χ0) is 6.53. The first-order valence-corrected chi connectivity index (χ1v) is 3.03. The highest BCUT2D eigenvalue weighted by atomic mass is 16.1. The molecule has 0 aliphatic carbocycles. The molecule has 2 N–H and O–H groups in total. The fourth-order valence-corrected chi connectivity index (χ4v) is 0.855. The van der Waals surface area contributed by atoms with Gasteiger partial charge in [0.05, 0.1) is 6.67 Å². The van der Waals surface area contributed by atoms with Crippen molar-refractivity contribution in [2.24, 2.45) is 0 Å². The van der Waals surface area contributed by atoms with Gasteiger partial charge in [-0.05, 0) is 0 Å². The molecule has 1 rings (SSSR count). The molecule has 9 heavy (non-hydrogen) atoms. The van der Waals surface area contributed by atoms with Crippen molar-refractivity contribution in [2.45, 2.75) is 0 Å². The maximum absolute atomic E-state index is 9.80. The third-order valence-electron chi connectivity index (χ3n) is 1.34. The summed E-state index contributed by atoms with van der Waals surface area (Å²) >= 11 is 0. The molecule has 1 aliphatic heterocycles. The zero-order valence-electron chi connectivity index (χ0n) is 5.26. The van der Waals surface area contributed by atoms with Crippen LogP contribution < -0.4 is 10.6 Å². The van der Waals surface area contributed by atoms with Crippen LogP contribution in [0.4, 0.5) is 0 Å². The van der Waals surface area contributed by atoms with Gasteiger partial charge in [-0.25, -0.2) is 0 Å². The van der Waals surface area contributed by atoms with Crippen molar-refractivity contribution in [2.75, 3.05) is 26.4 Å². The smallest absolute Gasteiger partial charge is 0.208 e. The van der Waals surface area contributed by atoms with E-state index in [0.29, 0.717) is 6.67 Å². The van der Waals surface area contributed by atoms with Crippen LogP contribution in [-0.2, 0) is 4.79 Å². The minimum Gasteiger partial charge on any atom is -0.346 e. The van der Waals surface area contributed by atoms with Gasteiger partial charge in [0, 0.05) is 19.8 Å². The highest BCUT2D eigenvalue weighted by Gasteiger charge is 2.07. The molecule has 1 fully saturated rings. The number of hydrogen-bond acceptors (Lipinski definition) is 3. The monoisotopic (exact) mass is 129 g/mol. The summed E-state index contributed by atoms with van der Waals surface area (Å²) < 4.78 is 0. The average Bonchev–Trinajstić information content (AvgIpc) is 2.34. The summed E-state index contributed by atoms with van der Waals surface area (Å²) in [5.74, 6) is 0. The van der Waals surface area contributed by atoms with Crippen LogP contribution in [0.1, 0.15) is 0 Å². The molecule has 0 saturated carbocycles. The fraction of sp³-hybridized carbons (Fsp3) is 0.800. The van der Waals surface area contributed by atoms with Crippen LogP contribution in [0.2, 0.25) is 0 Å². The molecule has 1 aliphatic rings.